The largest absolute Gasteiger partial charge is 0.497 e. The first-order valence-electron chi connectivity index (χ1n) is 9.94. The van der Waals surface area contributed by atoms with Crippen LogP contribution in [0.1, 0.15) is 27.6 Å². The third-order valence-corrected chi connectivity index (χ3v) is 5.57. The van der Waals surface area contributed by atoms with Gasteiger partial charge in [-0.2, -0.15) is 0 Å². The van der Waals surface area contributed by atoms with Gasteiger partial charge in [-0.15, -0.1) is 0 Å². The van der Waals surface area contributed by atoms with E-state index in [2.05, 4.69) is 4.99 Å². The number of carbonyl (C=O) groups excluding carboxylic acids is 4. The van der Waals surface area contributed by atoms with Gasteiger partial charge in [-0.1, -0.05) is 12.1 Å². The highest BCUT2D eigenvalue weighted by Gasteiger charge is 2.56. The molecule has 2 aliphatic rings. The van der Waals surface area contributed by atoms with Crippen LogP contribution in [-0.4, -0.2) is 67.2 Å². The highest BCUT2D eigenvalue weighted by molar-refractivity contribution is 6.25. The van der Waals surface area contributed by atoms with Gasteiger partial charge in [0.1, 0.15) is 23.9 Å². The van der Waals surface area contributed by atoms with Gasteiger partial charge in [0.15, 0.2) is 0 Å². The van der Waals surface area contributed by atoms with E-state index in [0.29, 0.717) is 11.4 Å². The second-order valence-electron chi connectivity index (χ2n) is 7.36. The van der Waals surface area contributed by atoms with E-state index in [1.54, 1.807) is 55.5 Å². The zero-order chi connectivity index (χ0) is 23.0. The average molecular weight is 435 g/mol. The van der Waals surface area contributed by atoms with Crippen LogP contribution in [-0.2, 0) is 14.3 Å². The van der Waals surface area contributed by atoms with Crippen LogP contribution in [0.4, 0.5) is 5.69 Å². The number of fused-ring (bicyclic) bond motifs is 1. The minimum atomic E-state index is -1.07. The van der Waals surface area contributed by atoms with Crippen LogP contribution in [0.3, 0.4) is 0 Å². The van der Waals surface area contributed by atoms with Crippen LogP contribution < -0.4 is 9.64 Å². The van der Waals surface area contributed by atoms with Gasteiger partial charge >= 0.3 is 5.97 Å². The van der Waals surface area contributed by atoms with Crippen LogP contribution in [0.5, 0.6) is 5.75 Å². The fourth-order valence-electron chi connectivity index (χ4n) is 3.86. The number of aliphatic imine (C=N–C) groups is 1. The molecule has 9 nitrogen and oxygen atoms in total. The highest BCUT2D eigenvalue weighted by atomic mass is 16.5. The van der Waals surface area contributed by atoms with E-state index in [1.807, 2.05) is 0 Å². The van der Waals surface area contributed by atoms with Crippen molar-refractivity contribution < 1.29 is 28.7 Å². The minimum Gasteiger partial charge on any atom is -0.497 e. The Hall–Kier alpha value is -4.01. The normalized spacial score (nSPS) is 20.9. The van der Waals surface area contributed by atoms with Crippen molar-refractivity contribution in [3.63, 3.8) is 0 Å². The van der Waals surface area contributed by atoms with Crippen molar-refractivity contribution in [2.24, 2.45) is 4.99 Å². The minimum absolute atomic E-state index is 0.256. The molecule has 0 spiro atoms. The number of hydrogen-bond donors (Lipinski definition) is 0. The lowest BCUT2D eigenvalue weighted by molar-refractivity contribution is -0.141. The van der Waals surface area contributed by atoms with Gasteiger partial charge in [0.05, 0.1) is 25.3 Å². The Morgan fingerprint density at radius 2 is 1.56 bits per heavy atom. The van der Waals surface area contributed by atoms with Gasteiger partial charge in [0.25, 0.3) is 17.7 Å². The van der Waals surface area contributed by atoms with Gasteiger partial charge in [-0.25, -0.2) is 4.79 Å². The Morgan fingerprint density at radius 3 is 2.09 bits per heavy atom. The van der Waals surface area contributed by atoms with E-state index < -0.39 is 41.8 Å². The Balaban J connectivity index is 1.69. The predicted molar refractivity (Wildman–Crippen MR) is 115 cm³/mol. The molecule has 9 heteroatoms. The summed E-state index contributed by atoms with van der Waals surface area (Å²) in [7, 11) is 2.79. The summed E-state index contributed by atoms with van der Waals surface area (Å²) >= 11 is 0. The number of anilines is 1. The smallest absolute Gasteiger partial charge is 0.330 e. The first kappa shape index (κ1) is 21.2. The topological polar surface area (TPSA) is 106 Å². The number of β-lactam (4-membered cyclic amide) rings is 1. The SMILES string of the molecule is COC(=O)C(C)N=C[C@H]1[C@@H](N2C(=O)c3ccccc3C2=O)C(=O)N1c1ccc(OC)cc1. The Labute approximate surface area is 184 Å². The van der Waals surface area contributed by atoms with Gasteiger partial charge in [0, 0.05) is 11.9 Å². The number of benzene rings is 2. The number of carbonyl (C=O) groups is 4. The molecule has 1 saturated heterocycles. The summed E-state index contributed by atoms with van der Waals surface area (Å²) < 4.78 is 9.85. The number of amides is 3. The summed E-state index contributed by atoms with van der Waals surface area (Å²) in [6.45, 7) is 1.55. The molecule has 1 fully saturated rings. The molecule has 4 rings (SSSR count). The predicted octanol–water partition coefficient (Wildman–Crippen LogP) is 1.71. The lowest BCUT2D eigenvalue weighted by Gasteiger charge is -2.47. The number of rotatable bonds is 6. The highest BCUT2D eigenvalue weighted by Crippen LogP contribution is 2.36. The van der Waals surface area contributed by atoms with E-state index in [-0.39, 0.29) is 11.1 Å². The van der Waals surface area contributed by atoms with E-state index in [9.17, 15) is 19.2 Å². The zero-order valence-corrected chi connectivity index (χ0v) is 17.7. The zero-order valence-electron chi connectivity index (χ0n) is 17.7. The summed E-state index contributed by atoms with van der Waals surface area (Å²) in [6.07, 6.45) is 1.42. The number of imide groups is 1. The maximum atomic E-state index is 13.2. The van der Waals surface area contributed by atoms with Crippen molar-refractivity contribution in [2.75, 3.05) is 19.1 Å². The average Bonchev–Trinajstić information content (AvgIpc) is 3.06. The van der Waals surface area contributed by atoms with Crippen LogP contribution in [0.2, 0.25) is 0 Å². The van der Waals surface area contributed by atoms with Gasteiger partial charge < -0.3 is 9.47 Å². The van der Waals surface area contributed by atoms with Gasteiger partial charge in [-0.05, 0) is 43.3 Å². The fourth-order valence-corrected chi connectivity index (χ4v) is 3.86. The summed E-state index contributed by atoms with van der Waals surface area (Å²) in [5.74, 6) is -1.41. The Kier molecular flexibility index (Phi) is 5.48. The van der Waals surface area contributed by atoms with Crippen molar-refractivity contribution in [3.05, 3.63) is 59.7 Å². The Bertz CT molecular complexity index is 1090. The first-order valence-corrected chi connectivity index (χ1v) is 9.94. The van der Waals surface area contributed by atoms with Gasteiger partial charge in [-0.3, -0.25) is 29.2 Å². The Morgan fingerprint density at radius 1 is 0.969 bits per heavy atom. The lowest BCUT2D eigenvalue weighted by Crippen LogP contribution is -2.72. The van der Waals surface area contributed by atoms with Crippen molar-refractivity contribution >= 4 is 35.6 Å². The molecule has 2 aliphatic heterocycles. The van der Waals surface area contributed by atoms with Crippen LogP contribution in [0.15, 0.2) is 53.5 Å². The standard InChI is InChI=1S/C23H21N3O6/c1-13(23(30)32-3)24-12-18-19(22(29)25(18)14-8-10-15(31-2)11-9-14)26-20(27)16-6-4-5-7-17(16)21(26)28/h4-13,18-19H,1-3H3/t13?,18-,19+/m0/s1. The second-order valence-corrected chi connectivity index (χ2v) is 7.36. The van der Waals surface area contributed by atoms with Crippen LogP contribution in [0.25, 0.3) is 0 Å². The molecule has 3 amide bonds. The summed E-state index contributed by atoms with van der Waals surface area (Å²) in [4.78, 5) is 57.5. The van der Waals surface area contributed by atoms with Gasteiger partial charge in [0.2, 0.25) is 0 Å². The summed E-state index contributed by atoms with van der Waals surface area (Å²) in [5.41, 5.74) is 1.06. The number of methoxy groups -OCH3 is 2. The number of ether oxygens (including phenoxy) is 2. The summed E-state index contributed by atoms with van der Waals surface area (Å²) in [5, 5.41) is 0. The molecule has 0 N–H and O–H groups in total. The molecule has 0 aromatic heterocycles. The van der Waals surface area contributed by atoms with E-state index in [4.69, 9.17) is 9.47 Å². The quantitative estimate of drug-likeness (QED) is 0.296. The monoisotopic (exact) mass is 435 g/mol. The molecular weight excluding hydrogens is 414 g/mol. The molecule has 2 aromatic rings. The van der Waals surface area contributed by atoms with Crippen LogP contribution >= 0.6 is 0 Å². The van der Waals surface area contributed by atoms with Crippen molar-refractivity contribution in [2.45, 2.75) is 25.0 Å². The first-order chi connectivity index (χ1) is 15.4. The van der Waals surface area contributed by atoms with Crippen molar-refractivity contribution in [1.29, 1.82) is 0 Å². The molecule has 2 heterocycles. The fraction of sp³-hybridized carbons (Fsp3) is 0.261. The molecular formula is C23H21N3O6. The number of nitrogens with zero attached hydrogens (tertiary/aromatic N) is 3. The lowest BCUT2D eigenvalue weighted by atomic mass is 9.92. The third kappa shape index (κ3) is 3.31. The van der Waals surface area contributed by atoms with E-state index in [1.165, 1.54) is 25.3 Å². The molecule has 2 aromatic carbocycles. The van der Waals surface area contributed by atoms with E-state index >= 15 is 0 Å². The molecule has 0 saturated carbocycles. The molecule has 1 unspecified atom stereocenters. The van der Waals surface area contributed by atoms with E-state index in [0.717, 1.165) is 4.90 Å². The molecule has 164 valence electrons. The van der Waals surface area contributed by atoms with Crippen molar-refractivity contribution in [1.82, 2.24) is 4.90 Å². The second kappa shape index (κ2) is 8.26. The molecule has 0 aliphatic carbocycles. The maximum absolute atomic E-state index is 13.2. The maximum Gasteiger partial charge on any atom is 0.330 e. The molecule has 3 atom stereocenters. The molecule has 32 heavy (non-hydrogen) atoms. The third-order valence-electron chi connectivity index (χ3n) is 5.57. The van der Waals surface area contributed by atoms with Crippen LogP contribution in [0, 0.1) is 0 Å². The summed E-state index contributed by atoms with van der Waals surface area (Å²) in [6, 6.07) is 10.6. The number of esters is 1. The molecule has 0 radical (unpaired) electrons. The van der Waals surface area contributed by atoms with Crippen molar-refractivity contribution in [3.8, 4) is 5.75 Å². The number of hydrogen-bond acceptors (Lipinski definition) is 7. The molecule has 0 bridgehead atoms.